The van der Waals surface area contributed by atoms with E-state index in [1.807, 2.05) is 0 Å². The summed E-state index contributed by atoms with van der Waals surface area (Å²) in [5.74, 6) is -0.161. The molecule has 3 nitrogen and oxygen atoms in total. The van der Waals surface area contributed by atoms with E-state index in [4.69, 9.17) is 0 Å². The molecule has 3 aliphatic carbocycles. The second-order valence-electron chi connectivity index (χ2n) is 8.84. The monoisotopic (exact) mass is 440 g/mol. The molecule has 0 unspecified atom stereocenters. The molecule has 4 aromatic rings. The lowest BCUT2D eigenvalue weighted by Gasteiger charge is -2.50. The normalized spacial score (nSPS) is 22.8. The first-order valence-electron chi connectivity index (χ1n) is 10.8. The Morgan fingerprint density at radius 1 is 0.969 bits per heavy atom. The number of thiazole rings is 1. The molecular weight excluding hydrogens is 419 g/mol. The smallest absolute Gasteiger partial charge is 0.233 e. The third-order valence-electron chi connectivity index (χ3n) is 7.02. The zero-order chi connectivity index (χ0) is 21.9. The molecule has 0 spiro atoms. The first-order chi connectivity index (χ1) is 15.6. The minimum Gasteiger partial charge on any atom is -0.301 e. The summed E-state index contributed by atoms with van der Waals surface area (Å²) < 4.78 is 14.2. The molecule has 0 aliphatic heterocycles. The predicted molar refractivity (Wildman–Crippen MR) is 125 cm³/mol. The van der Waals surface area contributed by atoms with Crippen LogP contribution >= 0.6 is 11.3 Å². The Morgan fingerprint density at radius 3 is 2.22 bits per heavy atom. The average molecular weight is 441 g/mol. The van der Waals surface area contributed by atoms with Gasteiger partial charge in [0.25, 0.3) is 0 Å². The summed E-state index contributed by atoms with van der Waals surface area (Å²) in [5, 5.41) is 5.34. The second kappa shape index (κ2) is 7.10. The maximum atomic E-state index is 14.2. The number of benzene rings is 3. The van der Waals surface area contributed by atoms with E-state index in [9.17, 15) is 9.18 Å². The van der Waals surface area contributed by atoms with Crippen LogP contribution in [-0.2, 0) is 4.79 Å². The van der Waals surface area contributed by atoms with Crippen molar-refractivity contribution in [2.24, 2.45) is 5.41 Å². The molecule has 0 fully saturated rings. The lowest BCUT2D eigenvalue weighted by molar-refractivity contribution is -0.126. The number of aromatic nitrogens is 1. The van der Waals surface area contributed by atoms with Crippen molar-refractivity contribution in [1.82, 2.24) is 4.98 Å². The Bertz CT molecular complexity index is 1320. The average Bonchev–Trinajstić information content (AvgIpc) is 3.27. The highest BCUT2D eigenvalue weighted by Crippen LogP contribution is 2.61. The van der Waals surface area contributed by atoms with Gasteiger partial charge in [-0.3, -0.25) is 4.79 Å². The number of hydrogen-bond acceptors (Lipinski definition) is 3. The Morgan fingerprint density at radius 2 is 1.56 bits per heavy atom. The first kappa shape index (κ1) is 19.4. The SMILES string of the molecule is C[C@@]1(C(=O)Nc2nc(-c3ccccc3F)cs2)CC2c3ccccc3C1c1ccccc12. The summed E-state index contributed by atoms with van der Waals surface area (Å²) in [6, 6.07) is 23.5. The first-order valence-corrected chi connectivity index (χ1v) is 11.6. The molecular formula is C27H21FN2OS. The maximum Gasteiger partial charge on any atom is 0.233 e. The molecule has 2 bridgehead atoms. The lowest BCUT2D eigenvalue weighted by Crippen LogP contribution is -2.47. The van der Waals surface area contributed by atoms with Crippen molar-refractivity contribution in [2.75, 3.05) is 5.32 Å². The third-order valence-corrected chi connectivity index (χ3v) is 7.78. The largest absolute Gasteiger partial charge is 0.301 e. The summed E-state index contributed by atoms with van der Waals surface area (Å²) >= 11 is 1.33. The second-order valence-corrected chi connectivity index (χ2v) is 9.69. The van der Waals surface area contributed by atoms with Crippen LogP contribution in [0.4, 0.5) is 9.52 Å². The van der Waals surface area contributed by atoms with Gasteiger partial charge in [-0.25, -0.2) is 9.37 Å². The fourth-order valence-corrected chi connectivity index (χ4v) is 6.26. The van der Waals surface area contributed by atoms with Crippen molar-refractivity contribution in [3.63, 3.8) is 0 Å². The van der Waals surface area contributed by atoms with E-state index in [-0.39, 0.29) is 23.6 Å². The Balaban J connectivity index is 1.36. The van der Waals surface area contributed by atoms with Gasteiger partial charge >= 0.3 is 0 Å². The summed E-state index contributed by atoms with van der Waals surface area (Å²) in [4.78, 5) is 18.2. The molecule has 0 saturated carbocycles. The predicted octanol–water partition coefficient (Wildman–Crippen LogP) is 6.58. The molecule has 1 N–H and O–H groups in total. The van der Waals surface area contributed by atoms with Crippen LogP contribution in [0.1, 0.15) is 47.4 Å². The standard InChI is InChI=1S/C27H21FN2OS/c1-27(25(31)30-26-29-23(15-32-26)20-12-6-7-13-22(20)28)14-21-16-8-2-4-10-18(16)24(27)19-11-5-3-9-17(19)21/h2-13,15,21,24H,14H2,1H3,(H,29,30,31)/t21?,24?,27-/m1/s1. The number of nitrogens with one attached hydrogen (secondary N) is 1. The van der Waals surface area contributed by atoms with E-state index < -0.39 is 5.41 Å². The van der Waals surface area contributed by atoms with Crippen molar-refractivity contribution in [1.29, 1.82) is 0 Å². The Labute approximate surface area is 190 Å². The van der Waals surface area contributed by atoms with Gasteiger partial charge in [0.05, 0.1) is 11.1 Å². The van der Waals surface area contributed by atoms with Gasteiger partial charge in [0.1, 0.15) is 5.82 Å². The quantitative estimate of drug-likeness (QED) is 0.391. The Kier molecular flexibility index (Phi) is 4.30. The highest BCUT2D eigenvalue weighted by Gasteiger charge is 2.53. The number of carbonyl (C=O) groups is 1. The molecule has 5 heteroatoms. The van der Waals surface area contributed by atoms with E-state index in [0.29, 0.717) is 16.4 Å². The zero-order valence-corrected chi connectivity index (χ0v) is 18.3. The molecule has 1 atom stereocenters. The van der Waals surface area contributed by atoms with Crippen molar-refractivity contribution in [3.05, 3.63) is 106 Å². The van der Waals surface area contributed by atoms with E-state index in [0.717, 1.165) is 6.42 Å². The van der Waals surface area contributed by atoms with Gasteiger partial charge in [0.2, 0.25) is 5.91 Å². The van der Waals surface area contributed by atoms with Gasteiger partial charge < -0.3 is 5.32 Å². The molecule has 3 aromatic carbocycles. The number of fused-ring (bicyclic) bond motifs is 1. The van der Waals surface area contributed by atoms with E-state index >= 15 is 0 Å². The number of anilines is 1. The van der Waals surface area contributed by atoms with E-state index in [2.05, 4.69) is 65.8 Å². The van der Waals surface area contributed by atoms with Gasteiger partial charge in [-0.05, 0) is 47.7 Å². The molecule has 1 aromatic heterocycles. The van der Waals surface area contributed by atoms with Crippen LogP contribution < -0.4 is 5.32 Å². The van der Waals surface area contributed by atoms with Crippen molar-refractivity contribution in [3.8, 4) is 11.3 Å². The minimum absolute atomic E-state index is 0.00843. The number of amides is 1. The van der Waals surface area contributed by atoms with Crippen molar-refractivity contribution in [2.45, 2.75) is 25.2 Å². The molecule has 3 aliphatic rings. The van der Waals surface area contributed by atoms with Crippen LogP contribution in [0.5, 0.6) is 0 Å². The van der Waals surface area contributed by atoms with Crippen LogP contribution in [-0.4, -0.2) is 10.9 Å². The number of nitrogens with zero attached hydrogens (tertiary/aromatic N) is 1. The van der Waals surface area contributed by atoms with Crippen LogP contribution in [0.15, 0.2) is 78.2 Å². The van der Waals surface area contributed by atoms with Crippen LogP contribution in [0.3, 0.4) is 0 Å². The summed E-state index contributed by atoms with van der Waals surface area (Å²) in [7, 11) is 0. The molecule has 158 valence electrons. The van der Waals surface area contributed by atoms with Gasteiger partial charge in [0, 0.05) is 22.8 Å². The topological polar surface area (TPSA) is 42.0 Å². The van der Waals surface area contributed by atoms with E-state index in [1.165, 1.54) is 39.7 Å². The molecule has 1 amide bonds. The molecule has 0 radical (unpaired) electrons. The Hall–Kier alpha value is -3.31. The molecule has 32 heavy (non-hydrogen) atoms. The minimum atomic E-state index is -0.600. The molecule has 7 rings (SSSR count). The maximum absolute atomic E-state index is 14.2. The summed E-state index contributed by atoms with van der Waals surface area (Å²) in [6.45, 7) is 2.07. The summed E-state index contributed by atoms with van der Waals surface area (Å²) in [6.07, 6.45) is 0.753. The number of hydrogen-bond donors (Lipinski definition) is 1. The van der Waals surface area contributed by atoms with Crippen molar-refractivity contribution < 1.29 is 9.18 Å². The number of rotatable bonds is 3. The fourth-order valence-electron chi connectivity index (χ4n) is 5.55. The molecule has 0 saturated heterocycles. The van der Waals surface area contributed by atoms with Crippen LogP contribution in [0, 0.1) is 11.2 Å². The zero-order valence-electron chi connectivity index (χ0n) is 17.5. The number of carbonyl (C=O) groups excluding carboxylic acids is 1. The molecule has 1 heterocycles. The van der Waals surface area contributed by atoms with Gasteiger partial charge in [-0.2, -0.15) is 0 Å². The van der Waals surface area contributed by atoms with Crippen LogP contribution in [0.2, 0.25) is 0 Å². The van der Waals surface area contributed by atoms with Crippen LogP contribution in [0.25, 0.3) is 11.3 Å². The third kappa shape index (κ3) is 2.77. The van der Waals surface area contributed by atoms with Gasteiger partial charge in [-0.1, -0.05) is 60.7 Å². The summed E-state index contributed by atoms with van der Waals surface area (Å²) in [5.41, 5.74) is 5.52. The number of halogens is 1. The highest BCUT2D eigenvalue weighted by atomic mass is 32.1. The van der Waals surface area contributed by atoms with Crippen molar-refractivity contribution >= 4 is 22.4 Å². The van der Waals surface area contributed by atoms with Gasteiger partial charge in [-0.15, -0.1) is 11.3 Å². The lowest BCUT2D eigenvalue weighted by atomic mass is 9.52. The van der Waals surface area contributed by atoms with Gasteiger partial charge in [0.15, 0.2) is 5.13 Å². The van der Waals surface area contributed by atoms with E-state index in [1.54, 1.807) is 23.6 Å². The fraction of sp³-hybridized carbons (Fsp3) is 0.185. The highest BCUT2D eigenvalue weighted by molar-refractivity contribution is 7.14.